The Morgan fingerprint density at radius 3 is 2.77 bits per heavy atom. The number of aromatic hydroxyl groups is 1. The Balaban J connectivity index is 2.04. The van der Waals surface area contributed by atoms with Crippen LogP contribution in [0, 0.1) is 0 Å². The lowest BCUT2D eigenvalue weighted by atomic mass is 10.1. The molecular formula is C17H21NO4. The number of hydrogen-bond donors (Lipinski definition) is 1. The number of rotatable bonds is 6. The number of para-hydroxylation sites is 1. The summed E-state index contributed by atoms with van der Waals surface area (Å²) in [6.45, 7) is 2.59. The first-order valence-corrected chi connectivity index (χ1v) is 7.14. The highest BCUT2D eigenvalue weighted by atomic mass is 16.5. The lowest BCUT2D eigenvalue weighted by molar-refractivity contribution is 0.224. The number of likely N-dealkylation sites (N-methyl/N-ethyl adjacent to an activating group) is 1. The standard InChI is InChI=1S/C17H21NO4/c1-12(8-13-6-4-5-7-17(13)21-3)18(2)10-14-9-15(19)16(20)11-22-14/h4-7,9,11-12,20H,8,10H2,1-3H3/t12-/m0/s1. The van der Waals surface area contributed by atoms with E-state index in [1.54, 1.807) is 7.11 Å². The third-order valence-corrected chi connectivity index (χ3v) is 3.73. The van der Waals surface area contributed by atoms with Gasteiger partial charge in [-0.05, 0) is 32.0 Å². The van der Waals surface area contributed by atoms with Gasteiger partial charge in [-0.3, -0.25) is 9.69 Å². The van der Waals surface area contributed by atoms with Crippen molar-refractivity contribution in [2.45, 2.75) is 25.9 Å². The fourth-order valence-electron chi connectivity index (χ4n) is 2.27. The molecule has 22 heavy (non-hydrogen) atoms. The minimum Gasteiger partial charge on any atom is -0.502 e. The summed E-state index contributed by atoms with van der Waals surface area (Å²) in [5, 5.41) is 9.21. The van der Waals surface area contributed by atoms with E-state index in [1.807, 2.05) is 31.3 Å². The molecule has 2 aromatic rings. The van der Waals surface area contributed by atoms with E-state index in [1.165, 1.54) is 6.07 Å². The number of hydrogen-bond acceptors (Lipinski definition) is 5. The number of nitrogens with zero attached hydrogens (tertiary/aromatic N) is 1. The molecule has 5 nitrogen and oxygen atoms in total. The van der Waals surface area contributed by atoms with Crippen molar-refractivity contribution in [2.24, 2.45) is 0 Å². The molecule has 1 aromatic carbocycles. The summed E-state index contributed by atoms with van der Waals surface area (Å²) >= 11 is 0. The van der Waals surface area contributed by atoms with Gasteiger partial charge in [-0.25, -0.2) is 0 Å². The van der Waals surface area contributed by atoms with Crippen molar-refractivity contribution in [3.63, 3.8) is 0 Å². The molecule has 0 aliphatic rings. The van der Waals surface area contributed by atoms with Crippen LogP contribution in [0.5, 0.6) is 11.5 Å². The fraction of sp³-hybridized carbons (Fsp3) is 0.353. The average Bonchev–Trinajstić information content (AvgIpc) is 2.51. The molecule has 0 aliphatic heterocycles. The zero-order valence-corrected chi connectivity index (χ0v) is 13.1. The van der Waals surface area contributed by atoms with Crippen LogP contribution in [0.3, 0.4) is 0 Å². The van der Waals surface area contributed by atoms with E-state index >= 15 is 0 Å². The van der Waals surface area contributed by atoms with Crippen molar-refractivity contribution in [1.29, 1.82) is 0 Å². The van der Waals surface area contributed by atoms with E-state index in [2.05, 4.69) is 11.8 Å². The molecule has 0 saturated carbocycles. The van der Waals surface area contributed by atoms with Crippen LogP contribution in [0.15, 0.2) is 45.8 Å². The van der Waals surface area contributed by atoms with Gasteiger partial charge in [0.1, 0.15) is 17.8 Å². The Morgan fingerprint density at radius 2 is 2.09 bits per heavy atom. The Kier molecular flexibility index (Phi) is 5.22. The fourth-order valence-corrected chi connectivity index (χ4v) is 2.27. The molecular weight excluding hydrogens is 282 g/mol. The molecule has 0 spiro atoms. The van der Waals surface area contributed by atoms with Gasteiger partial charge in [0, 0.05) is 12.1 Å². The van der Waals surface area contributed by atoms with Gasteiger partial charge >= 0.3 is 0 Å². The molecule has 1 N–H and O–H groups in total. The van der Waals surface area contributed by atoms with E-state index in [-0.39, 0.29) is 11.8 Å². The van der Waals surface area contributed by atoms with Gasteiger partial charge in [-0.15, -0.1) is 0 Å². The average molecular weight is 303 g/mol. The summed E-state index contributed by atoms with van der Waals surface area (Å²) in [4.78, 5) is 13.5. The summed E-state index contributed by atoms with van der Waals surface area (Å²) in [6.07, 6.45) is 1.90. The van der Waals surface area contributed by atoms with Crippen LogP contribution in [0.2, 0.25) is 0 Å². The maximum absolute atomic E-state index is 11.4. The maximum atomic E-state index is 11.4. The van der Waals surface area contributed by atoms with Gasteiger partial charge in [0.2, 0.25) is 5.43 Å². The zero-order chi connectivity index (χ0) is 16.1. The van der Waals surface area contributed by atoms with Crippen LogP contribution in [-0.4, -0.2) is 30.2 Å². The van der Waals surface area contributed by atoms with Crippen LogP contribution in [0.4, 0.5) is 0 Å². The molecule has 5 heteroatoms. The minimum absolute atomic E-state index is 0.232. The second-order valence-electron chi connectivity index (χ2n) is 5.38. The molecule has 0 saturated heterocycles. The summed E-state index contributed by atoms with van der Waals surface area (Å²) in [5.74, 6) is 1.03. The van der Waals surface area contributed by atoms with E-state index in [0.29, 0.717) is 12.3 Å². The van der Waals surface area contributed by atoms with Gasteiger partial charge < -0.3 is 14.3 Å². The summed E-state index contributed by atoms with van der Waals surface area (Å²) in [6, 6.07) is 9.48. The van der Waals surface area contributed by atoms with Gasteiger partial charge in [-0.2, -0.15) is 0 Å². The lowest BCUT2D eigenvalue weighted by Gasteiger charge is -2.24. The second-order valence-corrected chi connectivity index (χ2v) is 5.38. The van der Waals surface area contributed by atoms with E-state index in [9.17, 15) is 9.90 Å². The predicted molar refractivity (Wildman–Crippen MR) is 84.3 cm³/mol. The highest BCUT2D eigenvalue weighted by molar-refractivity contribution is 5.33. The van der Waals surface area contributed by atoms with Gasteiger partial charge in [0.05, 0.1) is 13.7 Å². The zero-order valence-electron chi connectivity index (χ0n) is 13.1. The SMILES string of the molecule is COc1ccccc1C[C@H](C)N(C)Cc1cc(=O)c(O)co1. The van der Waals surface area contributed by atoms with E-state index in [0.717, 1.165) is 24.0 Å². The monoisotopic (exact) mass is 303 g/mol. The topological polar surface area (TPSA) is 62.9 Å². The van der Waals surface area contributed by atoms with Crippen molar-refractivity contribution in [2.75, 3.05) is 14.2 Å². The van der Waals surface area contributed by atoms with Crippen LogP contribution < -0.4 is 10.2 Å². The molecule has 0 aliphatic carbocycles. The normalized spacial score (nSPS) is 12.4. The molecule has 118 valence electrons. The van der Waals surface area contributed by atoms with Gasteiger partial charge in [0.25, 0.3) is 0 Å². The molecule has 0 amide bonds. The van der Waals surface area contributed by atoms with Crippen molar-refractivity contribution < 1.29 is 14.3 Å². The largest absolute Gasteiger partial charge is 0.502 e. The van der Waals surface area contributed by atoms with Crippen LogP contribution in [0.1, 0.15) is 18.2 Å². The summed E-state index contributed by atoms with van der Waals surface area (Å²) < 4.78 is 10.6. The number of methoxy groups -OCH3 is 1. The molecule has 0 radical (unpaired) electrons. The highest BCUT2D eigenvalue weighted by Gasteiger charge is 2.14. The molecule has 1 heterocycles. The third-order valence-electron chi connectivity index (χ3n) is 3.73. The van der Waals surface area contributed by atoms with Gasteiger partial charge in [-0.1, -0.05) is 18.2 Å². The summed E-state index contributed by atoms with van der Waals surface area (Å²) in [5.41, 5.74) is 0.712. The molecule has 0 fully saturated rings. The predicted octanol–water partition coefficient (Wildman–Crippen LogP) is 2.42. The smallest absolute Gasteiger partial charge is 0.226 e. The van der Waals surface area contributed by atoms with Crippen molar-refractivity contribution >= 4 is 0 Å². The van der Waals surface area contributed by atoms with Crippen LogP contribution in [-0.2, 0) is 13.0 Å². The second kappa shape index (κ2) is 7.13. The quantitative estimate of drug-likeness (QED) is 0.888. The first-order valence-electron chi connectivity index (χ1n) is 7.14. The lowest BCUT2D eigenvalue weighted by Crippen LogP contribution is -2.30. The number of benzene rings is 1. The van der Waals surface area contributed by atoms with Gasteiger partial charge in [0.15, 0.2) is 5.75 Å². The summed E-state index contributed by atoms with van der Waals surface area (Å²) in [7, 11) is 3.63. The van der Waals surface area contributed by atoms with Crippen molar-refractivity contribution in [3.8, 4) is 11.5 Å². The Labute approximate surface area is 129 Å². The number of ether oxygens (including phenoxy) is 1. The molecule has 1 aromatic heterocycles. The van der Waals surface area contributed by atoms with Crippen LogP contribution >= 0.6 is 0 Å². The Morgan fingerprint density at radius 1 is 1.36 bits per heavy atom. The Bertz CT molecular complexity index is 680. The van der Waals surface area contributed by atoms with E-state index < -0.39 is 5.43 Å². The van der Waals surface area contributed by atoms with E-state index in [4.69, 9.17) is 9.15 Å². The van der Waals surface area contributed by atoms with Crippen molar-refractivity contribution in [3.05, 3.63) is 58.1 Å². The van der Waals surface area contributed by atoms with Crippen molar-refractivity contribution in [1.82, 2.24) is 4.90 Å². The molecule has 2 rings (SSSR count). The molecule has 1 atom stereocenters. The molecule has 0 bridgehead atoms. The Hall–Kier alpha value is -2.27. The van der Waals surface area contributed by atoms with Crippen LogP contribution in [0.25, 0.3) is 0 Å². The third kappa shape index (κ3) is 3.89. The first-order chi connectivity index (χ1) is 10.5. The maximum Gasteiger partial charge on any atom is 0.226 e. The minimum atomic E-state index is -0.424. The highest BCUT2D eigenvalue weighted by Crippen LogP contribution is 2.20. The first kappa shape index (κ1) is 16.1. The molecule has 0 unspecified atom stereocenters.